The first kappa shape index (κ1) is 49.5. The summed E-state index contributed by atoms with van der Waals surface area (Å²) in [5.74, 6) is -0.881. The van der Waals surface area contributed by atoms with Crippen molar-refractivity contribution in [3.05, 3.63) is 24.3 Å². The molecule has 0 radical (unpaired) electrons. The van der Waals surface area contributed by atoms with Crippen molar-refractivity contribution in [2.24, 2.45) is 0 Å². The van der Waals surface area contributed by atoms with Gasteiger partial charge in [-0.15, -0.1) is 0 Å². The number of unbranched alkanes of at least 4 members (excludes halogenated alkanes) is 22. The van der Waals surface area contributed by atoms with Gasteiger partial charge in [0.15, 0.2) is 6.10 Å². The standard InChI is InChI=1S/C41H77O9P/c1-3-5-7-9-11-13-15-17-19-21-23-25-27-29-31-33-40(43)47-37-39(38-49-51(45,46)48-36-35-42)50-41(44)34-32-30-28-26-24-22-20-18-16-14-12-10-8-6-4-2/h17-20,39,42H,3-16,21-38H2,1-2H3,(H,45,46)/b19-17+,20-18+. The maximum Gasteiger partial charge on any atom is 0.472 e. The average molecular weight is 745 g/mol. The molecule has 0 spiro atoms. The molecule has 2 atom stereocenters. The number of phosphoric ester groups is 1. The SMILES string of the molecule is CCCCCCCC/C=C/CCCCCCCC(=O)OCC(COP(=O)(O)OCCO)OC(=O)CCCCCCC/C=C/CCCCCCCC. The Hall–Kier alpha value is -1.51. The number of hydrogen-bond acceptors (Lipinski definition) is 8. The van der Waals surface area contributed by atoms with E-state index in [0.717, 1.165) is 64.2 Å². The van der Waals surface area contributed by atoms with Crippen molar-refractivity contribution >= 4 is 19.8 Å². The van der Waals surface area contributed by atoms with E-state index in [1.54, 1.807) is 0 Å². The molecular formula is C41H77O9P. The zero-order valence-electron chi connectivity index (χ0n) is 32.7. The summed E-state index contributed by atoms with van der Waals surface area (Å²) in [7, 11) is -4.45. The number of hydrogen-bond donors (Lipinski definition) is 2. The number of carbonyl (C=O) groups is 2. The van der Waals surface area contributed by atoms with Gasteiger partial charge in [-0.3, -0.25) is 18.6 Å². The maximum atomic E-state index is 12.5. The molecule has 2 N–H and O–H groups in total. The molecule has 2 unspecified atom stereocenters. The Balaban J connectivity index is 4.20. The molecule has 0 rings (SSSR count). The van der Waals surface area contributed by atoms with Crippen LogP contribution in [0.4, 0.5) is 0 Å². The van der Waals surface area contributed by atoms with Crippen molar-refractivity contribution < 1.29 is 42.7 Å². The molecule has 0 aliphatic heterocycles. The predicted octanol–water partition coefficient (Wildman–Crippen LogP) is 11.6. The number of ether oxygens (including phenoxy) is 2. The highest BCUT2D eigenvalue weighted by atomic mass is 31.2. The van der Waals surface area contributed by atoms with Gasteiger partial charge in [-0.2, -0.15) is 0 Å². The Labute approximate surface area is 312 Å². The van der Waals surface area contributed by atoms with E-state index >= 15 is 0 Å². The quantitative estimate of drug-likeness (QED) is 0.0273. The number of carbonyl (C=O) groups excluding carboxylic acids is 2. The summed E-state index contributed by atoms with van der Waals surface area (Å²) in [5.41, 5.74) is 0. The highest BCUT2D eigenvalue weighted by Gasteiger charge is 2.26. The molecule has 0 aliphatic carbocycles. The van der Waals surface area contributed by atoms with Gasteiger partial charge in [-0.05, 0) is 64.2 Å². The van der Waals surface area contributed by atoms with Gasteiger partial charge in [0.25, 0.3) is 0 Å². The van der Waals surface area contributed by atoms with Gasteiger partial charge in [0, 0.05) is 12.8 Å². The fourth-order valence-electron chi connectivity index (χ4n) is 5.67. The van der Waals surface area contributed by atoms with E-state index in [9.17, 15) is 19.0 Å². The largest absolute Gasteiger partial charge is 0.472 e. The number of aliphatic hydroxyl groups excluding tert-OH is 1. The molecule has 0 fully saturated rings. The van der Waals surface area contributed by atoms with Crippen molar-refractivity contribution in [1.29, 1.82) is 0 Å². The summed E-state index contributed by atoms with van der Waals surface area (Å²) in [6, 6.07) is 0. The smallest absolute Gasteiger partial charge is 0.462 e. The highest BCUT2D eigenvalue weighted by Crippen LogP contribution is 2.43. The molecule has 0 saturated heterocycles. The lowest BCUT2D eigenvalue weighted by molar-refractivity contribution is -0.161. The summed E-state index contributed by atoms with van der Waals surface area (Å²) >= 11 is 0. The summed E-state index contributed by atoms with van der Waals surface area (Å²) in [6.45, 7) is 2.91. The minimum Gasteiger partial charge on any atom is -0.462 e. The second-order valence-electron chi connectivity index (χ2n) is 13.8. The highest BCUT2D eigenvalue weighted by molar-refractivity contribution is 7.47. The minimum atomic E-state index is -4.45. The van der Waals surface area contributed by atoms with Crippen LogP contribution in [0.1, 0.15) is 194 Å². The van der Waals surface area contributed by atoms with Gasteiger partial charge in [-0.25, -0.2) is 4.57 Å². The number of aliphatic hydroxyl groups is 1. The van der Waals surface area contributed by atoms with Crippen LogP contribution in [0, 0.1) is 0 Å². The van der Waals surface area contributed by atoms with E-state index < -0.39 is 39.1 Å². The van der Waals surface area contributed by atoms with E-state index in [4.69, 9.17) is 19.1 Å². The number of rotatable bonds is 39. The Morgan fingerprint density at radius 1 is 0.549 bits per heavy atom. The van der Waals surface area contributed by atoms with Crippen LogP contribution in [0.5, 0.6) is 0 Å². The van der Waals surface area contributed by atoms with Gasteiger partial charge in [0.2, 0.25) is 0 Å². The molecule has 0 bridgehead atoms. The third-order valence-corrected chi connectivity index (χ3v) is 9.77. The Bertz CT molecular complexity index is 892. The van der Waals surface area contributed by atoms with E-state index in [1.807, 2.05) is 0 Å². The van der Waals surface area contributed by atoms with E-state index in [2.05, 4.69) is 42.7 Å². The summed E-state index contributed by atoms with van der Waals surface area (Å²) in [4.78, 5) is 34.7. The van der Waals surface area contributed by atoms with Crippen molar-refractivity contribution in [3.8, 4) is 0 Å². The topological polar surface area (TPSA) is 129 Å². The van der Waals surface area contributed by atoms with Crippen LogP contribution in [0.15, 0.2) is 24.3 Å². The zero-order chi connectivity index (χ0) is 37.5. The lowest BCUT2D eigenvalue weighted by Gasteiger charge is -2.19. The number of phosphoric acid groups is 1. The molecule has 10 heteroatoms. The molecule has 9 nitrogen and oxygen atoms in total. The van der Waals surface area contributed by atoms with E-state index in [-0.39, 0.29) is 26.1 Å². The third-order valence-electron chi connectivity index (χ3n) is 8.78. The zero-order valence-corrected chi connectivity index (χ0v) is 33.6. The summed E-state index contributed by atoms with van der Waals surface area (Å²) in [5, 5.41) is 8.86. The van der Waals surface area contributed by atoms with Gasteiger partial charge in [0.1, 0.15) is 6.61 Å². The van der Waals surface area contributed by atoms with Crippen LogP contribution < -0.4 is 0 Å². The van der Waals surface area contributed by atoms with Crippen LogP contribution in [-0.2, 0) is 32.7 Å². The molecule has 300 valence electrons. The van der Waals surface area contributed by atoms with Crippen molar-refractivity contribution in [1.82, 2.24) is 0 Å². The molecule has 0 aromatic heterocycles. The monoisotopic (exact) mass is 745 g/mol. The fourth-order valence-corrected chi connectivity index (χ4v) is 6.41. The Kier molecular flexibility index (Phi) is 37.1. The molecular weight excluding hydrogens is 667 g/mol. The lowest BCUT2D eigenvalue weighted by Crippen LogP contribution is -2.29. The normalized spacial score (nSPS) is 13.6. The summed E-state index contributed by atoms with van der Waals surface area (Å²) < 4.78 is 32.4. The van der Waals surface area contributed by atoms with Crippen LogP contribution >= 0.6 is 7.82 Å². The van der Waals surface area contributed by atoms with E-state index in [1.165, 1.54) is 89.9 Å². The molecule has 0 saturated carbocycles. The minimum absolute atomic E-state index is 0.204. The summed E-state index contributed by atoms with van der Waals surface area (Å²) in [6.07, 6.45) is 38.9. The Morgan fingerprint density at radius 2 is 0.941 bits per heavy atom. The van der Waals surface area contributed by atoms with Crippen molar-refractivity contribution in [2.45, 2.75) is 200 Å². The van der Waals surface area contributed by atoms with Crippen LogP contribution in [-0.4, -0.2) is 54.5 Å². The first-order chi connectivity index (χ1) is 24.8. The van der Waals surface area contributed by atoms with Gasteiger partial charge in [-0.1, -0.05) is 141 Å². The maximum absolute atomic E-state index is 12.5. The average Bonchev–Trinajstić information content (AvgIpc) is 3.11. The van der Waals surface area contributed by atoms with E-state index in [0.29, 0.717) is 12.8 Å². The predicted molar refractivity (Wildman–Crippen MR) is 209 cm³/mol. The third kappa shape index (κ3) is 38.0. The first-order valence-corrected chi connectivity index (χ1v) is 22.2. The molecule has 0 amide bonds. The molecule has 51 heavy (non-hydrogen) atoms. The number of allylic oxidation sites excluding steroid dienone is 4. The fraction of sp³-hybridized carbons (Fsp3) is 0.854. The first-order valence-electron chi connectivity index (χ1n) is 20.7. The van der Waals surface area contributed by atoms with Gasteiger partial charge in [0.05, 0.1) is 19.8 Å². The number of esters is 2. The molecule has 0 aromatic carbocycles. The molecule has 0 aromatic rings. The lowest BCUT2D eigenvalue weighted by atomic mass is 10.1. The second kappa shape index (κ2) is 38.2. The van der Waals surface area contributed by atoms with Crippen LogP contribution in [0.25, 0.3) is 0 Å². The Morgan fingerprint density at radius 3 is 1.37 bits per heavy atom. The second-order valence-corrected chi connectivity index (χ2v) is 15.2. The van der Waals surface area contributed by atoms with Crippen LogP contribution in [0.2, 0.25) is 0 Å². The van der Waals surface area contributed by atoms with Crippen LogP contribution in [0.3, 0.4) is 0 Å². The molecule has 0 heterocycles. The van der Waals surface area contributed by atoms with Crippen molar-refractivity contribution in [2.75, 3.05) is 26.4 Å². The van der Waals surface area contributed by atoms with Gasteiger partial charge >= 0.3 is 19.8 Å². The molecule has 0 aliphatic rings. The van der Waals surface area contributed by atoms with Gasteiger partial charge < -0.3 is 19.5 Å². The van der Waals surface area contributed by atoms with Crippen molar-refractivity contribution in [3.63, 3.8) is 0 Å².